The van der Waals surface area contributed by atoms with Gasteiger partial charge in [0.1, 0.15) is 0 Å². The number of benzene rings is 4. The van der Waals surface area contributed by atoms with Gasteiger partial charge in [0, 0.05) is 5.56 Å². The lowest BCUT2D eigenvalue weighted by Gasteiger charge is -2.16. The first kappa shape index (κ1) is 24.5. The Bertz CT molecular complexity index is 1250. The molecular formula is C29H29IO. The van der Waals surface area contributed by atoms with Crippen LogP contribution in [-0.4, -0.2) is 5.78 Å². The lowest BCUT2D eigenvalue weighted by Crippen LogP contribution is -1.95. The Morgan fingerprint density at radius 1 is 0.839 bits per heavy atom. The Hall–Kier alpha value is -2.72. The summed E-state index contributed by atoms with van der Waals surface area (Å²) in [5.74, 6) is 0.101. The first-order chi connectivity index (χ1) is 14.2. The zero-order valence-electron chi connectivity index (χ0n) is 17.2. The highest BCUT2D eigenvalue weighted by atomic mass is 127. The molecule has 0 atom stereocenters. The summed E-state index contributed by atoms with van der Waals surface area (Å²) in [6, 6.07) is 23.5. The smallest absolute Gasteiger partial charge is 0.159 e. The number of halogens is 1. The van der Waals surface area contributed by atoms with Crippen molar-refractivity contribution in [2.45, 2.75) is 27.2 Å². The van der Waals surface area contributed by atoms with Crippen molar-refractivity contribution in [3.8, 4) is 11.1 Å². The first-order valence-corrected chi connectivity index (χ1v) is 9.97. The summed E-state index contributed by atoms with van der Waals surface area (Å²) in [5, 5.41) is 5.20. The van der Waals surface area contributed by atoms with E-state index in [1.54, 1.807) is 6.92 Å². The number of carbonyl (C=O) groups is 1. The first-order valence-electron chi connectivity index (χ1n) is 9.97. The number of fused-ring (bicyclic) bond motifs is 5. The van der Waals surface area contributed by atoms with Crippen molar-refractivity contribution >= 4 is 57.4 Å². The van der Waals surface area contributed by atoms with E-state index in [-0.39, 0.29) is 37.2 Å². The summed E-state index contributed by atoms with van der Waals surface area (Å²) in [5.41, 5.74) is 5.88. The zero-order valence-corrected chi connectivity index (χ0v) is 19.5. The third-order valence-electron chi connectivity index (χ3n) is 5.62. The molecule has 0 amide bonds. The quantitative estimate of drug-likeness (QED) is 0.112. The van der Waals surface area contributed by atoms with Crippen molar-refractivity contribution in [2.24, 2.45) is 0 Å². The third-order valence-corrected chi connectivity index (χ3v) is 5.62. The molecule has 0 aromatic heterocycles. The molecule has 4 aromatic carbocycles. The van der Waals surface area contributed by atoms with Gasteiger partial charge in [-0.1, -0.05) is 80.2 Å². The van der Waals surface area contributed by atoms with Crippen molar-refractivity contribution < 1.29 is 4.79 Å². The van der Waals surface area contributed by atoms with E-state index < -0.39 is 0 Å². The molecule has 0 fully saturated rings. The number of Topliss-reactive ketones (excluding diaryl/α,β-unsaturated/α-hetero) is 1. The fraction of sp³-hybridized carbons (Fsp3) is 0.138. The summed E-state index contributed by atoms with van der Waals surface area (Å²) in [6.07, 6.45) is 6.81. The predicted molar refractivity (Wildman–Crippen MR) is 148 cm³/mol. The van der Waals surface area contributed by atoms with Crippen LogP contribution in [0.15, 0.2) is 86.0 Å². The van der Waals surface area contributed by atoms with Crippen LogP contribution in [0.2, 0.25) is 0 Å². The molecule has 5 rings (SSSR count). The van der Waals surface area contributed by atoms with Gasteiger partial charge in [-0.25, -0.2) is 0 Å². The second-order valence-corrected chi connectivity index (χ2v) is 7.31. The number of hydrogen-bond acceptors (Lipinski definition) is 1. The van der Waals surface area contributed by atoms with Gasteiger partial charge in [0.2, 0.25) is 0 Å². The molecule has 1 nitrogen and oxygen atoms in total. The number of allylic oxidation sites excluding steroid dienone is 1. The molecule has 158 valence electrons. The maximum atomic E-state index is 11.5. The van der Waals surface area contributed by atoms with E-state index in [0.717, 1.165) is 24.0 Å². The summed E-state index contributed by atoms with van der Waals surface area (Å²) in [4.78, 5) is 11.5. The van der Waals surface area contributed by atoms with Crippen molar-refractivity contribution in [2.75, 3.05) is 0 Å². The molecule has 0 unspecified atom stereocenters. The lowest BCUT2D eigenvalue weighted by atomic mass is 9.88. The molecule has 4 aromatic rings. The van der Waals surface area contributed by atoms with Crippen molar-refractivity contribution in [3.05, 3.63) is 103 Å². The predicted octanol–water partition coefficient (Wildman–Crippen LogP) is 8.88. The molecule has 0 bridgehead atoms. The Morgan fingerprint density at radius 3 is 2.16 bits per heavy atom. The van der Waals surface area contributed by atoms with Gasteiger partial charge >= 0.3 is 0 Å². The number of rotatable bonds is 2. The fourth-order valence-corrected chi connectivity index (χ4v) is 4.14. The average molecular weight is 520 g/mol. The van der Waals surface area contributed by atoms with E-state index in [2.05, 4.69) is 67.8 Å². The molecule has 0 heterocycles. The molecule has 0 spiro atoms. The minimum atomic E-state index is 0. The Balaban J connectivity index is 0.000000830. The van der Waals surface area contributed by atoms with Gasteiger partial charge in [0.15, 0.2) is 5.78 Å². The second-order valence-electron chi connectivity index (χ2n) is 7.31. The molecule has 2 heteroatoms. The monoisotopic (exact) mass is 520 g/mol. The fourth-order valence-electron chi connectivity index (χ4n) is 4.14. The zero-order chi connectivity index (χ0) is 20.4. The molecule has 0 radical (unpaired) electrons. The van der Waals surface area contributed by atoms with Gasteiger partial charge in [0.25, 0.3) is 0 Å². The summed E-state index contributed by atoms with van der Waals surface area (Å²) in [6.45, 7) is 7.60. The third kappa shape index (κ3) is 4.64. The Kier molecular flexibility index (Phi) is 8.35. The van der Waals surface area contributed by atoms with Gasteiger partial charge in [0.05, 0.1) is 0 Å². The van der Waals surface area contributed by atoms with Gasteiger partial charge in [-0.05, 0) is 69.6 Å². The molecule has 0 saturated carbocycles. The highest BCUT2D eigenvalue weighted by Gasteiger charge is 2.12. The second kappa shape index (κ2) is 10.5. The topological polar surface area (TPSA) is 17.1 Å². The van der Waals surface area contributed by atoms with Crippen LogP contribution in [0.4, 0.5) is 0 Å². The average Bonchev–Trinajstić information content (AvgIpc) is 2.79. The Morgan fingerprint density at radius 2 is 1.45 bits per heavy atom. The van der Waals surface area contributed by atoms with E-state index in [0.29, 0.717) is 0 Å². The van der Waals surface area contributed by atoms with Gasteiger partial charge in [-0.3, -0.25) is 4.79 Å². The number of hydrogen-bond donors (Lipinski definition) is 0. The van der Waals surface area contributed by atoms with Crippen molar-refractivity contribution in [3.63, 3.8) is 0 Å². The summed E-state index contributed by atoms with van der Waals surface area (Å²) >= 11 is 0. The van der Waals surface area contributed by atoms with Crippen LogP contribution in [0.3, 0.4) is 0 Å². The van der Waals surface area contributed by atoms with Crippen molar-refractivity contribution in [1.82, 2.24) is 0 Å². The maximum Gasteiger partial charge on any atom is 0.159 e. The van der Waals surface area contributed by atoms with Crippen LogP contribution in [0.5, 0.6) is 0 Å². The van der Waals surface area contributed by atoms with Crippen LogP contribution in [0.1, 0.15) is 42.3 Å². The van der Waals surface area contributed by atoms with Crippen LogP contribution in [0, 0.1) is 0 Å². The van der Waals surface area contributed by atoms with Crippen LogP contribution in [0.25, 0.3) is 38.7 Å². The highest BCUT2D eigenvalue weighted by Crippen LogP contribution is 2.35. The van der Waals surface area contributed by atoms with Gasteiger partial charge in [-0.2, -0.15) is 0 Å². The number of ketones is 1. The number of aryl methyl sites for hydroxylation is 1. The summed E-state index contributed by atoms with van der Waals surface area (Å²) in [7, 11) is 0. The minimum Gasteiger partial charge on any atom is -0.295 e. The highest BCUT2D eigenvalue weighted by molar-refractivity contribution is 14.0. The normalized spacial score (nSPS) is 11.5. The van der Waals surface area contributed by atoms with E-state index in [1.807, 2.05) is 24.3 Å². The standard InChI is InChI=1S/C26H20O.C2H4.CH4.HI/c1-17(27)18-6-8-19(9-7-18)23-15-12-21-11-14-22-13-10-20-4-2-3-5-24(20)26(22)25(21)16-23;1-2;;/h3,5-16H,2,4H2,1H3;1-2H2;1H4;1H. The van der Waals surface area contributed by atoms with E-state index in [9.17, 15) is 4.79 Å². The largest absolute Gasteiger partial charge is 0.295 e. The molecular weight excluding hydrogens is 491 g/mol. The molecule has 0 N–H and O–H groups in total. The molecule has 1 aliphatic rings. The minimum absolute atomic E-state index is 0. The van der Waals surface area contributed by atoms with Crippen LogP contribution >= 0.6 is 24.0 Å². The lowest BCUT2D eigenvalue weighted by molar-refractivity contribution is 0.101. The van der Waals surface area contributed by atoms with Crippen molar-refractivity contribution in [1.29, 1.82) is 0 Å². The van der Waals surface area contributed by atoms with Crippen LogP contribution < -0.4 is 0 Å². The molecule has 1 aliphatic carbocycles. The number of carbonyl (C=O) groups excluding carboxylic acids is 1. The van der Waals surface area contributed by atoms with E-state index >= 15 is 0 Å². The van der Waals surface area contributed by atoms with E-state index in [4.69, 9.17) is 0 Å². The van der Waals surface area contributed by atoms with Gasteiger partial charge < -0.3 is 0 Å². The SMILES string of the molecule is C.C=C.CC(=O)c1ccc(-c2ccc3ccc4ccc5c(c4c3c2)C=CCC5)cc1.I. The molecule has 0 saturated heterocycles. The van der Waals surface area contributed by atoms with Gasteiger partial charge in [-0.15, -0.1) is 37.1 Å². The maximum absolute atomic E-state index is 11.5. The summed E-state index contributed by atoms with van der Waals surface area (Å²) < 4.78 is 0. The Labute approximate surface area is 202 Å². The van der Waals surface area contributed by atoms with E-state index in [1.165, 1.54) is 38.2 Å². The van der Waals surface area contributed by atoms with Crippen LogP contribution in [-0.2, 0) is 6.42 Å². The molecule has 31 heavy (non-hydrogen) atoms. The molecule has 0 aliphatic heterocycles.